The van der Waals surface area contributed by atoms with Gasteiger partial charge in [0.2, 0.25) is 0 Å². The molecule has 4 heterocycles. The van der Waals surface area contributed by atoms with Gasteiger partial charge in [0.25, 0.3) is 0 Å². The van der Waals surface area contributed by atoms with Crippen LogP contribution in [0.4, 0.5) is 5.82 Å². The third-order valence-electron chi connectivity index (χ3n) is 6.78. The maximum atomic E-state index is 9.82. The summed E-state index contributed by atoms with van der Waals surface area (Å²) in [4.78, 5) is 12.8. The second-order valence-corrected chi connectivity index (χ2v) is 9.13. The minimum Gasteiger partial charge on any atom is -0.379 e. The van der Waals surface area contributed by atoms with Gasteiger partial charge in [0.05, 0.1) is 30.2 Å². The molecule has 2 aromatic heterocycles. The molecule has 1 aromatic carbocycles. The molecule has 0 amide bonds. The Morgan fingerprint density at radius 1 is 1.06 bits per heavy atom. The van der Waals surface area contributed by atoms with Gasteiger partial charge >= 0.3 is 0 Å². The number of pyridine rings is 1. The number of anilines is 1. The van der Waals surface area contributed by atoms with Gasteiger partial charge in [0.15, 0.2) is 0 Å². The van der Waals surface area contributed by atoms with Crippen molar-refractivity contribution in [2.45, 2.75) is 13.5 Å². The number of aromatic amines is 1. The van der Waals surface area contributed by atoms with Crippen LogP contribution in [-0.2, 0) is 11.3 Å². The van der Waals surface area contributed by atoms with E-state index < -0.39 is 0 Å². The average molecular weight is 469 g/mol. The molecule has 0 unspecified atom stereocenters. The van der Waals surface area contributed by atoms with E-state index >= 15 is 0 Å². The second kappa shape index (κ2) is 10.9. The van der Waals surface area contributed by atoms with Crippen LogP contribution >= 0.6 is 0 Å². The Balaban J connectivity index is 1.31. The molecular formula is C28H32N6O. The second-order valence-electron chi connectivity index (χ2n) is 9.13. The summed E-state index contributed by atoms with van der Waals surface area (Å²) < 4.78 is 5.44. The Kier molecular flexibility index (Phi) is 7.24. The van der Waals surface area contributed by atoms with E-state index in [1.54, 1.807) is 0 Å². The first kappa shape index (κ1) is 23.3. The lowest BCUT2D eigenvalue weighted by Gasteiger charge is -2.28. The molecule has 0 atom stereocenters. The summed E-state index contributed by atoms with van der Waals surface area (Å²) in [6.07, 6.45) is 5.97. The quantitative estimate of drug-likeness (QED) is 0.575. The Morgan fingerprint density at radius 3 is 2.57 bits per heavy atom. The fourth-order valence-corrected chi connectivity index (χ4v) is 4.76. The summed E-state index contributed by atoms with van der Waals surface area (Å²) in [5, 5.41) is 13.2. The van der Waals surface area contributed by atoms with E-state index in [1.165, 1.54) is 5.56 Å². The molecule has 3 aromatic rings. The van der Waals surface area contributed by atoms with Crippen LogP contribution in [-0.4, -0.2) is 67.4 Å². The number of piperazine rings is 1. The first-order chi connectivity index (χ1) is 17.2. The molecule has 7 nitrogen and oxygen atoms in total. The van der Waals surface area contributed by atoms with Crippen molar-refractivity contribution in [1.29, 1.82) is 5.26 Å². The van der Waals surface area contributed by atoms with Gasteiger partial charge in [0.1, 0.15) is 11.9 Å². The zero-order chi connectivity index (χ0) is 24.0. The fourth-order valence-electron chi connectivity index (χ4n) is 4.76. The topological polar surface area (TPSA) is 80.2 Å². The maximum Gasteiger partial charge on any atom is 0.124 e. The van der Waals surface area contributed by atoms with Crippen molar-refractivity contribution < 1.29 is 4.74 Å². The van der Waals surface area contributed by atoms with Gasteiger partial charge in [-0.3, -0.25) is 9.88 Å². The number of nitriles is 1. The molecule has 2 aliphatic rings. The van der Waals surface area contributed by atoms with Crippen LogP contribution in [0.2, 0.25) is 0 Å². The molecule has 2 N–H and O–H groups in total. The van der Waals surface area contributed by atoms with Crippen LogP contribution in [0, 0.1) is 18.3 Å². The van der Waals surface area contributed by atoms with E-state index in [9.17, 15) is 5.26 Å². The molecule has 5 rings (SSSR count). The van der Waals surface area contributed by atoms with Crippen molar-refractivity contribution in [3.05, 3.63) is 70.5 Å². The molecule has 0 radical (unpaired) electrons. The third-order valence-corrected chi connectivity index (χ3v) is 6.78. The third kappa shape index (κ3) is 5.46. The molecule has 7 heteroatoms. The van der Waals surface area contributed by atoms with Crippen molar-refractivity contribution in [2.75, 3.05) is 57.4 Å². The molecule has 180 valence electrons. The number of hydrogen-bond acceptors (Lipinski definition) is 6. The van der Waals surface area contributed by atoms with Gasteiger partial charge in [0, 0.05) is 57.6 Å². The number of H-pyrrole nitrogens is 1. The normalized spacial score (nSPS) is 17.1. The predicted molar refractivity (Wildman–Crippen MR) is 140 cm³/mol. The molecule has 0 saturated carbocycles. The Bertz CT molecular complexity index is 1210. The van der Waals surface area contributed by atoms with E-state index in [0.717, 1.165) is 98.5 Å². The number of benzene rings is 1. The van der Waals surface area contributed by atoms with Crippen LogP contribution in [0.5, 0.6) is 0 Å². The van der Waals surface area contributed by atoms with Crippen molar-refractivity contribution in [2.24, 2.45) is 0 Å². The first-order valence-electron chi connectivity index (χ1n) is 12.3. The molecule has 0 bridgehead atoms. The Hall–Kier alpha value is -3.44. The lowest BCUT2D eigenvalue weighted by molar-refractivity contribution is 0.0342. The van der Waals surface area contributed by atoms with E-state index in [2.05, 4.69) is 67.6 Å². The number of morpholine rings is 1. The first-order valence-corrected chi connectivity index (χ1v) is 12.3. The van der Waals surface area contributed by atoms with Crippen molar-refractivity contribution >= 4 is 18.0 Å². The van der Waals surface area contributed by atoms with E-state index in [-0.39, 0.29) is 0 Å². The highest BCUT2D eigenvalue weighted by atomic mass is 16.5. The molecule has 2 aliphatic heterocycles. The highest BCUT2D eigenvalue weighted by molar-refractivity contribution is 5.76. The molecule has 2 saturated heterocycles. The molecule has 35 heavy (non-hydrogen) atoms. The number of nitrogens with zero attached hydrogens (tertiary/aromatic N) is 4. The van der Waals surface area contributed by atoms with Gasteiger partial charge in [-0.15, -0.1) is 0 Å². The Morgan fingerprint density at radius 2 is 1.83 bits per heavy atom. The minimum absolute atomic E-state index is 0.730. The summed E-state index contributed by atoms with van der Waals surface area (Å²) in [5.74, 6) is 0.924. The van der Waals surface area contributed by atoms with E-state index in [1.807, 2.05) is 25.3 Å². The lowest BCUT2D eigenvalue weighted by atomic mass is 10.1. The van der Waals surface area contributed by atoms with Gasteiger partial charge in [-0.25, -0.2) is 0 Å². The van der Waals surface area contributed by atoms with Crippen LogP contribution in [0.3, 0.4) is 0 Å². The zero-order valence-electron chi connectivity index (χ0n) is 20.3. The monoisotopic (exact) mass is 468 g/mol. The number of ether oxygens (including phenoxy) is 1. The van der Waals surface area contributed by atoms with Crippen LogP contribution in [0.1, 0.15) is 27.9 Å². The summed E-state index contributed by atoms with van der Waals surface area (Å²) in [7, 11) is 0. The smallest absolute Gasteiger partial charge is 0.124 e. The average Bonchev–Trinajstić information content (AvgIpc) is 3.25. The summed E-state index contributed by atoms with van der Waals surface area (Å²) in [6, 6.07) is 15.2. The number of rotatable bonds is 6. The minimum atomic E-state index is 0.730. The summed E-state index contributed by atoms with van der Waals surface area (Å²) in [5.41, 5.74) is 7.09. The molecule has 2 fully saturated rings. The standard InChI is InChI=1S/C28H32N6O/c1-21-26(19-29)28(34-12-10-30-11-13-34)32-27(21)24-8-9-31-25(18-24)7-6-22-2-4-23(5-3-22)20-33-14-16-35-17-15-33/h2-9,18,30,32H,10-17,20H2,1H3/b7-6+. The van der Waals surface area contributed by atoms with Crippen LogP contribution < -0.4 is 10.2 Å². The predicted octanol–water partition coefficient (Wildman–Crippen LogP) is 3.67. The molecule has 0 aliphatic carbocycles. The molecular weight excluding hydrogens is 436 g/mol. The maximum absolute atomic E-state index is 9.82. The lowest BCUT2D eigenvalue weighted by Crippen LogP contribution is -2.44. The van der Waals surface area contributed by atoms with Gasteiger partial charge in [-0.2, -0.15) is 5.26 Å². The van der Waals surface area contributed by atoms with E-state index in [0.29, 0.717) is 0 Å². The zero-order valence-corrected chi connectivity index (χ0v) is 20.3. The van der Waals surface area contributed by atoms with Gasteiger partial charge < -0.3 is 19.9 Å². The number of nitrogens with one attached hydrogen (secondary N) is 2. The van der Waals surface area contributed by atoms with Crippen molar-refractivity contribution in [3.8, 4) is 17.3 Å². The SMILES string of the molecule is Cc1c(-c2ccnc(/C=C/c3ccc(CN4CCOCC4)cc3)c2)[nH]c(N2CCNCC2)c1C#N. The fraction of sp³-hybridized carbons (Fsp3) is 0.357. The Labute approximate surface area is 207 Å². The number of hydrogen-bond donors (Lipinski definition) is 2. The van der Waals surface area contributed by atoms with Crippen molar-refractivity contribution in [3.63, 3.8) is 0 Å². The highest BCUT2D eigenvalue weighted by Crippen LogP contribution is 2.32. The summed E-state index contributed by atoms with van der Waals surface area (Å²) >= 11 is 0. The van der Waals surface area contributed by atoms with Crippen molar-refractivity contribution in [1.82, 2.24) is 20.2 Å². The van der Waals surface area contributed by atoms with Crippen LogP contribution in [0.15, 0.2) is 42.6 Å². The molecule has 0 spiro atoms. The number of aromatic nitrogens is 2. The van der Waals surface area contributed by atoms with E-state index in [4.69, 9.17) is 4.74 Å². The van der Waals surface area contributed by atoms with Gasteiger partial charge in [-0.05, 0) is 41.8 Å². The largest absolute Gasteiger partial charge is 0.379 e. The summed E-state index contributed by atoms with van der Waals surface area (Å²) in [6.45, 7) is 10.3. The van der Waals surface area contributed by atoms with Gasteiger partial charge in [-0.1, -0.05) is 30.3 Å². The highest BCUT2D eigenvalue weighted by Gasteiger charge is 2.21. The van der Waals surface area contributed by atoms with Crippen LogP contribution in [0.25, 0.3) is 23.4 Å².